The molecule has 0 saturated carbocycles. The summed E-state index contributed by atoms with van der Waals surface area (Å²) in [5.41, 5.74) is 0. The summed E-state index contributed by atoms with van der Waals surface area (Å²) < 4.78 is 16.7. The van der Waals surface area contributed by atoms with Crippen molar-refractivity contribution in [2.45, 2.75) is 365 Å². The standard InChI is InChI=1S/C66H125NO10/c1-3-5-7-9-11-13-33-38-42-46-50-54-62(71)75-55-51-47-43-39-35-32-30-28-26-24-22-20-18-16-14-15-17-19-21-23-25-27-29-31-34-37-41-45-49-53-61(70)67-58(59(69)52-48-44-40-36-12-10-8-6-4-2)57-76-66-65(74)64(73)63(72)60(56-68)77-66/h12,36,48,52,58-60,63-66,68-69,72-74H,3-11,13-35,37-47,49-51,53-57H2,1-2H3,(H,67,70)/b36-12+,52-48+. The van der Waals surface area contributed by atoms with Crippen LogP contribution in [-0.4, -0.2) is 100 Å². The van der Waals surface area contributed by atoms with Crippen molar-refractivity contribution in [2.24, 2.45) is 0 Å². The van der Waals surface area contributed by atoms with Gasteiger partial charge in [-0.25, -0.2) is 0 Å². The number of esters is 1. The van der Waals surface area contributed by atoms with Crippen LogP contribution in [-0.2, 0) is 23.8 Å². The maximum atomic E-state index is 13.0. The molecule has 0 aromatic rings. The number of carbonyl (C=O) groups is 2. The molecular weight excluding hydrogens is 967 g/mol. The Morgan fingerprint density at radius 3 is 1.29 bits per heavy atom. The maximum Gasteiger partial charge on any atom is 0.305 e. The number of unbranched alkanes of at least 4 members (excludes halogenated alkanes) is 42. The van der Waals surface area contributed by atoms with Gasteiger partial charge in [0.25, 0.3) is 0 Å². The molecule has 1 amide bonds. The predicted octanol–water partition coefficient (Wildman–Crippen LogP) is 16.1. The Morgan fingerprint density at radius 2 is 0.844 bits per heavy atom. The summed E-state index contributed by atoms with van der Waals surface area (Å²) in [5.74, 6) is -0.179. The van der Waals surface area contributed by atoms with E-state index in [-0.39, 0.29) is 18.5 Å². The minimum absolute atomic E-state index is 0.0104. The number of hydrogen-bond donors (Lipinski definition) is 6. The van der Waals surface area contributed by atoms with Crippen molar-refractivity contribution in [3.05, 3.63) is 24.3 Å². The predicted molar refractivity (Wildman–Crippen MR) is 320 cm³/mol. The number of amides is 1. The molecule has 0 spiro atoms. The van der Waals surface area contributed by atoms with Crippen LogP contribution in [0.5, 0.6) is 0 Å². The average molecular weight is 1090 g/mol. The molecule has 454 valence electrons. The number of aliphatic hydroxyl groups is 5. The lowest BCUT2D eigenvalue weighted by Gasteiger charge is -2.40. The van der Waals surface area contributed by atoms with E-state index < -0.39 is 49.5 Å². The van der Waals surface area contributed by atoms with Crippen molar-refractivity contribution in [3.8, 4) is 0 Å². The monoisotopic (exact) mass is 1090 g/mol. The third-order valence-electron chi connectivity index (χ3n) is 15.8. The fourth-order valence-corrected chi connectivity index (χ4v) is 10.6. The van der Waals surface area contributed by atoms with E-state index in [1.165, 1.54) is 244 Å². The number of hydrogen-bond acceptors (Lipinski definition) is 10. The van der Waals surface area contributed by atoms with Gasteiger partial charge < -0.3 is 45.1 Å². The van der Waals surface area contributed by atoms with E-state index in [1.807, 2.05) is 6.08 Å². The van der Waals surface area contributed by atoms with Gasteiger partial charge in [0.05, 0.1) is 32.0 Å². The first-order chi connectivity index (χ1) is 37.7. The molecule has 1 aliphatic rings. The molecule has 0 aliphatic carbocycles. The van der Waals surface area contributed by atoms with Crippen molar-refractivity contribution in [1.29, 1.82) is 0 Å². The second-order valence-electron chi connectivity index (χ2n) is 23.2. The quantitative estimate of drug-likeness (QED) is 0.0195. The van der Waals surface area contributed by atoms with Crippen molar-refractivity contribution in [1.82, 2.24) is 5.32 Å². The van der Waals surface area contributed by atoms with Crippen LogP contribution in [0.2, 0.25) is 0 Å². The van der Waals surface area contributed by atoms with Gasteiger partial charge >= 0.3 is 5.97 Å². The Morgan fingerprint density at radius 1 is 0.468 bits per heavy atom. The van der Waals surface area contributed by atoms with Gasteiger partial charge in [-0.05, 0) is 44.9 Å². The molecule has 1 saturated heterocycles. The number of allylic oxidation sites excluding steroid dienone is 3. The SMILES string of the molecule is CCCCC/C=C/CC/C=C/C(O)C(COC1OC(CO)C(O)C(O)C1O)NC(=O)CCCCCCCCCCCCCCCCCCCCCCCCCCCCCCCOC(=O)CCCCCCCCCCCCC. The van der Waals surface area contributed by atoms with E-state index in [1.54, 1.807) is 6.08 Å². The maximum absolute atomic E-state index is 13.0. The highest BCUT2D eigenvalue weighted by molar-refractivity contribution is 5.76. The molecule has 1 rings (SSSR count). The van der Waals surface area contributed by atoms with Crippen LogP contribution in [0.4, 0.5) is 0 Å². The third-order valence-corrected chi connectivity index (χ3v) is 15.8. The minimum atomic E-state index is -1.57. The molecule has 0 aromatic carbocycles. The summed E-state index contributed by atoms with van der Waals surface area (Å²) in [7, 11) is 0. The van der Waals surface area contributed by atoms with Gasteiger partial charge in [-0.2, -0.15) is 0 Å². The van der Waals surface area contributed by atoms with Crippen LogP contribution in [0.15, 0.2) is 24.3 Å². The van der Waals surface area contributed by atoms with E-state index in [9.17, 15) is 35.1 Å². The molecule has 0 bridgehead atoms. The molecule has 11 heteroatoms. The van der Waals surface area contributed by atoms with Crippen molar-refractivity contribution in [3.63, 3.8) is 0 Å². The Bertz CT molecular complexity index is 1330. The van der Waals surface area contributed by atoms with Crippen LogP contribution >= 0.6 is 0 Å². The summed E-state index contributed by atoms with van der Waals surface area (Å²) in [5, 5.41) is 54.2. The van der Waals surface area contributed by atoms with E-state index in [0.29, 0.717) is 19.4 Å². The van der Waals surface area contributed by atoms with Gasteiger partial charge in [0.2, 0.25) is 5.91 Å². The molecule has 7 atom stereocenters. The molecule has 0 aromatic heterocycles. The van der Waals surface area contributed by atoms with E-state index >= 15 is 0 Å². The lowest BCUT2D eigenvalue weighted by molar-refractivity contribution is -0.302. The van der Waals surface area contributed by atoms with Crippen LogP contribution in [0, 0.1) is 0 Å². The first kappa shape index (κ1) is 73.2. The zero-order chi connectivity index (χ0) is 55.9. The number of nitrogens with one attached hydrogen (secondary N) is 1. The molecule has 0 radical (unpaired) electrons. The molecular formula is C66H125NO10. The van der Waals surface area contributed by atoms with E-state index in [2.05, 4.69) is 31.3 Å². The zero-order valence-electron chi connectivity index (χ0n) is 50.2. The summed E-state index contributed by atoms with van der Waals surface area (Å²) in [6, 6.07) is -0.823. The minimum Gasteiger partial charge on any atom is -0.466 e. The number of carbonyl (C=O) groups excluding carboxylic acids is 2. The number of rotatable bonds is 58. The van der Waals surface area contributed by atoms with Gasteiger partial charge in [0.1, 0.15) is 24.4 Å². The highest BCUT2D eigenvalue weighted by atomic mass is 16.7. The Balaban J connectivity index is 1.93. The molecule has 6 N–H and O–H groups in total. The molecule has 1 aliphatic heterocycles. The third kappa shape index (κ3) is 45.4. The first-order valence-electron chi connectivity index (χ1n) is 33.1. The van der Waals surface area contributed by atoms with Gasteiger partial charge in [-0.1, -0.05) is 289 Å². The molecule has 1 fully saturated rings. The first-order valence-corrected chi connectivity index (χ1v) is 33.1. The van der Waals surface area contributed by atoms with E-state index in [4.69, 9.17) is 14.2 Å². The second-order valence-corrected chi connectivity index (χ2v) is 23.2. The zero-order valence-corrected chi connectivity index (χ0v) is 50.2. The summed E-state index contributed by atoms with van der Waals surface area (Å²) in [4.78, 5) is 25.0. The highest BCUT2D eigenvalue weighted by Crippen LogP contribution is 2.23. The second kappa shape index (κ2) is 56.0. The number of aliphatic hydroxyl groups excluding tert-OH is 5. The Kier molecular flexibility index (Phi) is 53.2. The van der Waals surface area contributed by atoms with Gasteiger partial charge in [0.15, 0.2) is 6.29 Å². The van der Waals surface area contributed by atoms with Crippen molar-refractivity contribution < 1.29 is 49.3 Å². The van der Waals surface area contributed by atoms with Gasteiger partial charge in [-0.15, -0.1) is 0 Å². The normalized spacial score (nSPS) is 18.7. The molecule has 1 heterocycles. The highest BCUT2D eigenvalue weighted by Gasteiger charge is 2.44. The lowest BCUT2D eigenvalue weighted by atomic mass is 9.99. The Hall–Kier alpha value is -1.86. The average Bonchev–Trinajstić information content (AvgIpc) is 3.43. The van der Waals surface area contributed by atoms with Crippen LogP contribution in [0.25, 0.3) is 0 Å². The van der Waals surface area contributed by atoms with Gasteiger partial charge in [-0.3, -0.25) is 9.59 Å². The summed E-state index contributed by atoms with van der Waals surface area (Å²) in [6.45, 7) is 4.30. The smallest absolute Gasteiger partial charge is 0.305 e. The van der Waals surface area contributed by atoms with E-state index in [0.717, 1.165) is 51.4 Å². The lowest BCUT2D eigenvalue weighted by Crippen LogP contribution is -2.60. The fraction of sp³-hybridized carbons (Fsp3) is 0.909. The Labute approximate surface area is 473 Å². The number of ether oxygens (including phenoxy) is 3. The van der Waals surface area contributed by atoms with Crippen molar-refractivity contribution in [2.75, 3.05) is 19.8 Å². The van der Waals surface area contributed by atoms with Crippen LogP contribution < -0.4 is 5.32 Å². The molecule has 11 nitrogen and oxygen atoms in total. The van der Waals surface area contributed by atoms with Crippen LogP contribution in [0.3, 0.4) is 0 Å². The van der Waals surface area contributed by atoms with Crippen molar-refractivity contribution >= 4 is 11.9 Å². The van der Waals surface area contributed by atoms with Gasteiger partial charge in [0, 0.05) is 12.8 Å². The topological polar surface area (TPSA) is 175 Å². The van der Waals surface area contributed by atoms with Crippen LogP contribution in [0.1, 0.15) is 322 Å². The largest absolute Gasteiger partial charge is 0.466 e. The molecule has 7 unspecified atom stereocenters. The fourth-order valence-electron chi connectivity index (χ4n) is 10.6. The molecule has 77 heavy (non-hydrogen) atoms. The summed E-state index contributed by atoms with van der Waals surface area (Å²) >= 11 is 0. The summed E-state index contributed by atoms with van der Waals surface area (Å²) in [6.07, 6.45) is 59.0.